The molecule has 3 aliphatic rings. The van der Waals surface area contributed by atoms with Crippen molar-refractivity contribution in [2.75, 3.05) is 0 Å². The third-order valence-electron chi connectivity index (χ3n) is 7.65. The topological polar surface area (TPSA) is 27.7 Å². The zero-order valence-corrected chi connectivity index (χ0v) is 26.1. The van der Waals surface area contributed by atoms with E-state index >= 15 is 0 Å². The van der Waals surface area contributed by atoms with Crippen molar-refractivity contribution in [2.24, 2.45) is 0 Å². The number of aryl methyl sites for hydroxylation is 3. The van der Waals surface area contributed by atoms with Crippen LogP contribution in [0.2, 0.25) is 0 Å². The fourth-order valence-corrected chi connectivity index (χ4v) is 7.00. The lowest BCUT2D eigenvalue weighted by Crippen LogP contribution is -2.26. The second-order valence-corrected chi connectivity index (χ2v) is 15.4. The second kappa shape index (κ2) is 8.75. The molecule has 0 N–H and O–H groups in total. The van der Waals surface area contributed by atoms with Crippen molar-refractivity contribution in [1.82, 2.24) is 0 Å². The van der Waals surface area contributed by atoms with E-state index in [1.807, 2.05) is 0 Å². The van der Waals surface area contributed by atoms with Gasteiger partial charge < -0.3 is 13.6 Å². The number of benzene rings is 3. The van der Waals surface area contributed by atoms with Crippen molar-refractivity contribution >= 4 is 8.60 Å². The zero-order valence-electron chi connectivity index (χ0n) is 25.2. The van der Waals surface area contributed by atoms with Gasteiger partial charge in [-0.3, -0.25) is 0 Å². The predicted octanol–water partition coefficient (Wildman–Crippen LogP) is 10.1. The molecule has 4 heteroatoms. The van der Waals surface area contributed by atoms with Crippen LogP contribution in [0.5, 0.6) is 17.2 Å². The molecule has 0 radical (unpaired) electrons. The van der Waals surface area contributed by atoms with Gasteiger partial charge in [0.2, 0.25) is 0 Å². The Morgan fingerprint density at radius 1 is 0.526 bits per heavy atom. The van der Waals surface area contributed by atoms with Gasteiger partial charge in [-0.1, -0.05) is 104 Å². The molecule has 6 rings (SSSR count). The molecule has 0 aromatic heterocycles. The molecule has 3 aromatic rings. The summed E-state index contributed by atoms with van der Waals surface area (Å²) >= 11 is 0. The first-order valence-electron chi connectivity index (χ1n) is 13.7. The van der Waals surface area contributed by atoms with Crippen molar-refractivity contribution in [3.63, 3.8) is 0 Å². The number of hydrogen-bond donors (Lipinski definition) is 0. The largest absolute Gasteiger partial charge is 0.530 e. The third-order valence-corrected chi connectivity index (χ3v) is 8.66. The van der Waals surface area contributed by atoms with Crippen molar-refractivity contribution in [3.05, 3.63) is 86.5 Å². The van der Waals surface area contributed by atoms with E-state index in [2.05, 4.69) is 119 Å². The van der Waals surface area contributed by atoms with E-state index in [0.717, 1.165) is 17.2 Å². The van der Waals surface area contributed by atoms with E-state index in [4.69, 9.17) is 13.6 Å². The van der Waals surface area contributed by atoms with Gasteiger partial charge in [0, 0.05) is 33.7 Å². The molecule has 3 aromatic carbocycles. The van der Waals surface area contributed by atoms with Gasteiger partial charge in [-0.25, -0.2) is 0 Å². The summed E-state index contributed by atoms with van der Waals surface area (Å²) in [6.07, 6.45) is 0. The van der Waals surface area contributed by atoms with Gasteiger partial charge in [0.15, 0.2) is 0 Å². The summed E-state index contributed by atoms with van der Waals surface area (Å²) in [5.41, 5.74) is 10.7. The van der Waals surface area contributed by atoms with Gasteiger partial charge in [0.25, 0.3) is 0 Å². The average molecular weight is 531 g/mol. The van der Waals surface area contributed by atoms with Gasteiger partial charge in [-0.15, -0.1) is 0 Å². The van der Waals surface area contributed by atoms with Crippen LogP contribution in [-0.4, -0.2) is 0 Å². The van der Waals surface area contributed by atoms with Gasteiger partial charge in [-0.2, -0.15) is 0 Å². The molecule has 0 saturated heterocycles. The quantitative estimate of drug-likeness (QED) is 0.271. The molecule has 0 unspecified atom stereocenters. The summed E-state index contributed by atoms with van der Waals surface area (Å²) in [6, 6.07) is 13.7. The summed E-state index contributed by atoms with van der Waals surface area (Å²) in [5, 5.41) is 0. The summed E-state index contributed by atoms with van der Waals surface area (Å²) in [5.74, 6) is 2.61. The van der Waals surface area contributed by atoms with Crippen molar-refractivity contribution in [2.45, 2.75) is 105 Å². The smallest absolute Gasteiger partial charge is 0.408 e. The fourth-order valence-electron chi connectivity index (χ4n) is 5.87. The molecule has 3 heterocycles. The van der Waals surface area contributed by atoms with Crippen LogP contribution in [-0.2, 0) is 16.2 Å². The zero-order chi connectivity index (χ0) is 27.9. The molecule has 3 aliphatic heterocycles. The second-order valence-electron chi connectivity index (χ2n) is 14.4. The van der Waals surface area contributed by atoms with E-state index < -0.39 is 8.60 Å². The normalized spacial score (nSPS) is 18.6. The lowest BCUT2D eigenvalue weighted by Gasteiger charge is -2.40. The molecule has 0 aliphatic carbocycles. The standard InChI is InChI=1S/C34H43O3P/c1-19-13-22-28-23-14-20(2)17-26(34(10,11)12)31(23)37-38(36-30(22)25(16-19)33(7,8)9)35-27-18-21(3)15-24(29(27)28)32(4,5)6/h13-18,28H,1-12H3. The fraction of sp³-hybridized carbons (Fsp3) is 0.471. The molecule has 0 atom stereocenters. The van der Waals surface area contributed by atoms with Gasteiger partial charge in [0.05, 0.1) is 0 Å². The molecule has 202 valence electrons. The number of hydrogen-bond acceptors (Lipinski definition) is 3. The molecule has 0 saturated carbocycles. The number of rotatable bonds is 0. The Morgan fingerprint density at radius 2 is 0.921 bits per heavy atom. The van der Waals surface area contributed by atoms with E-state index in [-0.39, 0.29) is 22.2 Å². The Morgan fingerprint density at radius 3 is 1.34 bits per heavy atom. The minimum Gasteiger partial charge on any atom is -0.408 e. The van der Waals surface area contributed by atoms with E-state index in [1.165, 1.54) is 50.1 Å². The van der Waals surface area contributed by atoms with Crippen LogP contribution in [0.3, 0.4) is 0 Å². The molecule has 2 bridgehead atoms. The maximum atomic E-state index is 6.82. The molecule has 0 fully saturated rings. The van der Waals surface area contributed by atoms with Crippen molar-refractivity contribution < 1.29 is 13.6 Å². The third kappa shape index (κ3) is 4.62. The molecule has 0 amide bonds. The maximum absolute atomic E-state index is 6.82. The molecule has 3 nitrogen and oxygen atoms in total. The summed E-state index contributed by atoms with van der Waals surface area (Å²) < 4.78 is 20.4. The van der Waals surface area contributed by atoms with Crippen LogP contribution in [0.25, 0.3) is 0 Å². The van der Waals surface area contributed by atoms with Crippen LogP contribution in [0, 0.1) is 20.8 Å². The Bertz CT molecular complexity index is 1360. The van der Waals surface area contributed by atoms with Crippen LogP contribution in [0.4, 0.5) is 0 Å². The lowest BCUT2D eigenvalue weighted by molar-refractivity contribution is 0.356. The van der Waals surface area contributed by atoms with Gasteiger partial charge in [-0.05, 0) is 54.2 Å². The minimum absolute atomic E-state index is 0.0751. The van der Waals surface area contributed by atoms with E-state index in [0.29, 0.717) is 0 Å². The highest BCUT2D eigenvalue weighted by molar-refractivity contribution is 7.43. The van der Waals surface area contributed by atoms with Crippen molar-refractivity contribution in [1.29, 1.82) is 0 Å². The summed E-state index contributed by atoms with van der Waals surface area (Å²) in [6.45, 7) is 27.0. The predicted molar refractivity (Wildman–Crippen MR) is 159 cm³/mol. The van der Waals surface area contributed by atoms with Gasteiger partial charge >= 0.3 is 8.60 Å². The highest BCUT2D eigenvalue weighted by Gasteiger charge is 2.43. The van der Waals surface area contributed by atoms with E-state index in [9.17, 15) is 0 Å². The first-order chi connectivity index (χ1) is 17.4. The molecule has 0 spiro atoms. The Kier molecular flexibility index (Phi) is 6.23. The molecular weight excluding hydrogens is 487 g/mol. The van der Waals surface area contributed by atoms with Crippen molar-refractivity contribution in [3.8, 4) is 17.2 Å². The summed E-state index contributed by atoms with van der Waals surface area (Å²) in [7, 11) is -1.74. The van der Waals surface area contributed by atoms with Crippen LogP contribution in [0.1, 0.15) is 118 Å². The average Bonchev–Trinajstić information content (AvgIpc) is 2.72. The minimum atomic E-state index is -1.74. The lowest BCUT2D eigenvalue weighted by atomic mass is 9.72. The first kappa shape index (κ1) is 27.1. The van der Waals surface area contributed by atoms with Crippen LogP contribution >= 0.6 is 8.60 Å². The first-order valence-corrected chi connectivity index (χ1v) is 14.8. The monoisotopic (exact) mass is 530 g/mol. The Hall–Kier alpha value is -2.51. The SMILES string of the molecule is Cc1cc2c(c(C(C)(C)C)c1)OP1Oc3cc(C)cc(C(C)(C)C)c3C2c2cc(C)cc(C(C)(C)C)c2O1. The molecular formula is C34H43O3P. The highest BCUT2D eigenvalue weighted by atomic mass is 31.2. The van der Waals surface area contributed by atoms with Crippen LogP contribution in [0.15, 0.2) is 36.4 Å². The Labute approximate surface area is 230 Å². The summed E-state index contributed by atoms with van der Waals surface area (Å²) in [4.78, 5) is 0. The molecule has 38 heavy (non-hydrogen) atoms. The van der Waals surface area contributed by atoms with Crippen LogP contribution < -0.4 is 13.6 Å². The maximum Gasteiger partial charge on any atom is 0.530 e. The highest BCUT2D eigenvalue weighted by Crippen LogP contribution is 2.61. The van der Waals surface area contributed by atoms with Gasteiger partial charge in [0.1, 0.15) is 17.2 Å². The Balaban J connectivity index is 2.01. The van der Waals surface area contributed by atoms with E-state index in [1.54, 1.807) is 0 Å².